The van der Waals surface area contributed by atoms with Crippen LogP contribution in [-0.4, -0.2) is 33.2 Å². The Morgan fingerprint density at radius 1 is 1.13 bits per heavy atom. The Balaban J connectivity index is 2.35. The Kier molecular flexibility index (Phi) is 7.55. The Hall–Kier alpha value is -1.56. The number of hydrogen-bond donors (Lipinski definition) is 1. The van der Waals surface area contributed by atoms with Crippen molar-refractivity contribution in [3.63, 3.8) is 0 Å². The summed E-state index contributed by atoms with van der Waals surface area (Å²) >= 11 is 0. The van der Waals surface area contributed by atoms with E-state index in [2.05, 4.69) is 19.2 Å². The molecule has 1 N–H and O–H groups in total. The van der Waals surface area contributed by atoms with Gasteiger partial charge in [0.05, 0.1) is 4.90 Å². The molecule has 0 aromatic heterocycles. The molecule has 0 saturated carbocycles. The molecule has 1 rings (SSSR count). The van der Waals surface area contributed by atoms with Crippen LogP contribution in [0.3, 0.4) is 0 Å². The van der Waals surface area contributed by atoms with Crippen LogP contribution in [0.5, 0.6) is 5.75 Å². The molecule has 0 bridgehead atoms. The maximum atomic E-state index is 11.8. The molecule has 0 saturated heterocycles. The highest BCUT2D eigenvalue weighted by molar-refractivity contribution is 7.90. The molecule has 5 nitrogen and oxygen atoms in total. The van der Waals surface area contributed by atoms with Crippen LogP contribution in [0.25, 0.3) is 0 Å². The molecule has 1 amide bonds. The van der Waals surface area contributed by atoms with E-state index >= 15 is 0 Å². The molecule has 0 aliphatic rings. The van der Waals surface area contributed by atoms with E-state index in [4.69, 9.17) is 4.74 Å². The number of nitrogens with one attached hydrogen (secondary N) is 1. The Bertz CT molecular complexity index is 594. The lowest BCUT2D eigenvalue weighted by molar-refractivity contribution is -0.123. The predicted molar refractivity (Wildman–Crippen MR) is 91.3 cm³/mol. The predicted octanol–water partition coefficient (Wildman–Crippen LogP) is 2.80. The van der Waals surface area contributed by atoms with Crippen LogP contribution in [0.4, 0.5) is 0 Å². The first-order valence-corrected chi connectivity index (χ1v) is 9.80. The van der Waals surface area contributed by atoms with Gasteiger partial charge in [-0.2, -0.15) is 0 Å². The number of sulfone groups is 1. The molecule has 23 heavy (non-hydrogen) atoms. The molecule has 0 aliphatic heterocycles. The minimum atomic E-state index is -3.22. The van der Waals surface area contributed by atoms with Gasteiger partial charge in [-0.1, -0.05) is 26.7 Å². The van der Waals surface area contributed by atoms with Gasteiger partial charge in [-0.05, 0) is 43.5 Å². The summed E-state index contributed by atoms with van der Waals surface area (Å²) < 4.78 is 28.1. The van der Waals surface area contributed by atoms with Crippen LogP contribution in [0.15, 0.2) is 29.2 Å². The highest BCUT2D eigenvalue weighted by atomic mass is 32.2. The summed E-state index contributed by atoms with van der Waals surface area (Å²) in [6.07, 6.45) is 4.35. The molecular formula is C17H27NO4S. The van der Waals surface area contributed by atoms with E-state index in [9.17, 15) is 13.2 Å². The van der Waals surface area contributed by atoms with E-state index in [0.29, 0.717) is 11.7 Å². The summed E-state index contributed by atoms with van der Waals surface area (Å²) in [6, 6.07) is 6.16. The minimum Gasteiger partial charge on any atom is -0.484 e. The first-order chi connectivity index (χ1) is 10.7. The van der Waals surface area contributed by atoms with Crippen molar-refractivity contribution in [3.8, 4) is 5.75 Å². The van der Waals surface area contributed by atoms with Gasteiger partial charge >= 0.3 is 0 Å². The lowest BCUT2D eigenvalue weighted by atomic mass is 10.0. The second-order valence-corrected chi connectivity index (χ2v) is 8.34. The number of carbonyl (C=O) groups excluding carboxylic acids is 1. The lowest BCUT2D eigenvalue weighted by Gasteiger charge is -2.15. The van der Waals surface area contributed by atoms with Crippen molar-refractivity contribution in [2.24, 2.45) is 5.92 Å². The number of rotatable bonds is 9. The molecule has 1 aromatic rings. The highest BCUT2D eigenvalue weighted by Gasteiger charge is 2.10. The summed E-state index contributed by atoms with van der Waals surface area (Å²) in [4.78, 5) is 12.0. The van der Waals surface area contributed by atoms with Crippen molar-refractivity contribution in [2.75, 3.05) is 12.9 Å². The van der Waals surface area contributed by atoms with Crippen molar-refractivity contribution < 1.29 is 17.9 Å². The molecule has 130 valence electrons. The highest BCUT2D eigenvalue weighted by Crippen LogP contribution is 2.15. The third-order valence-electron chi connectivity index (χ3n) is 3.45. The monoisotopic (exact) mass is 341 g/mol. The lowest BCUT2D eigenvalue weighted by Crippen LogP contribution is -2.36. The number of ether oxygens (including phenoxy) is 1. The Morgan fingerprint density at radius 2 is 1.74 bits per heavy atom. The molecule has 0 radical (unpaired) electrons. The maximum absolute atomic E-state index is 11.8. The molecule has 1 atom stereocenters. The van der Waals surface area contributed by atoms with E-state index < -0.39 is 9.84 Å². The average Bonchev–Trinajstić information content (AvgIpc) is 2.44. The fourth-order valence-electron chi connectivity index (χ4n) is 2.15. The SMILES string of the molecule is CC(C)CCCC(C)NC(=O)COc1ccc(S(C)(=O)=O)cc1. The topological polar surface area (TPSA) is 72.5 Å². The standard InChI is InChI=1S/C17H27NO4S/c1-13(2)6-5-7-14(3)18-17(19)12-22-15-8-10-16(11-9-15)23(4,20)21/h8-11,13-14H,5-7,12H2,1-4H3,(H,18,19). The van der Waals surface area contributed by atoms with E-state index in [1.54, 1.807) is 12.1 Å². The van der Waals surface area contributed by atoms with Crippen molar-refractivity contribution >= 4 is 15.7 Å². The van der Waals surface area contributed by atoms with Crippen LogP contribution in [0.2, 0.25) is 0 Å². The Morgan fingerprint density at radius 3 is 2.26 bits per heavy atom. The molecule has 0 heterocycles. The zero-order valence-electron chi connectivity index (χ0n) is 14.3. The van der Waals surface area contributed by atoms with Crippen LogP contribution < -0.4 is 10.1 Å². The number of hydrogen-bond acceptors (Lipinski definition) is 4. The van der Waals surface area contributed by atoms with Gasteiger partial charge < -0.3 is 10.1 Å². The van der Waals surface area contributed by atoms with E-state index in [1.807, 2.05) is 6.92 Å². The maximum Gasteiger partial charge on any atom is 0.258 e. The van der Waals surface area contributed by atoms with Crippen molar-refractivity contribution in [2.45, 2.75) is 51.0 Å². The fourth-order valence-corrected chi connectivity index (χ4v) is 2.78. The van der Waals surface area contributed by atoms with Crippen molar-refractivity contribution in [1.82, 2.24) is 5.32 Å². The van der Waals surface area contributed by atoms with Crippen LogP contribution in [0, 0.1) is 5.92 Å². The van der Waals surface area contributed by atoms with Gasteiger partial charge in [-0.3, -0.25) is 4.79 Å². The normalized spacial score (nSPS) is 12.9. The summed E-state index contributed by atoms with van der Waals surface area (Å²) in [5.74, 6) is 0.977. The first-order valence-electron chi connectivity index (χ1n) is 7.90. The molecule has 6 heteroatoms. The first kappa shape index (κ1) is 19.5. The third-order valence-corrected chi connectivity index (χ3v) is 4.58. The minimum absolute atomic E-state index is 0.0766. The van der Waals surface area contributed by atoms with Crippen LogP contribution >= 0.6 is 0 Å². The van der Waals surface area contributed by atoms with E-state index in [1.165, 1.54) is 12.1 Å². The molecule has 0 spiro atoms. The van der Waals surface area contributed by atoms with Crippen LogP contribution in [0.1, 0.15) is 40.0 Å². The number of amides is 1. The smallest absolute Gasteiger partial charge is 0.258 e. The molecular weight excluding hydrogens is 314 g/mol. The summed E-state index contributed by atoms with van der Waals surface area (Å²) in [7, 11) is -3.22. The van der Waals surface area contributed by atoms with E-state index in [0.717, 1.165) is 25.5 Å². The summed E-state index contributed by atoms with van der Waals surface area (Å²) in [6.45, 7) is 6.28. The second-order valence-electron chi connectivity index (χ2n) is 6.33. The largest absolute Gasteiger partial charge is 0.484 e. The van der Waals surface area contributed by atoms with Gasteiger partial charge in [-0.25, -0.2) is 8.42 Å². The summed E-state index contributed by atoms with van der Waals surface area (Å²) in [5.41, 5.74) is 0. The van der Waals surface area contributed by atoms with Crippen molar-refractivity contribution in [1.29, 1.82) is 0 Å². The van der Waals surface area contributed by atoms with Gasteiger partial charge in [0.15, 0.2) is 16.4 Å². The summed E-state index contributed by atoms with van der Waals surface area (Å²) in [5, 5.41) is 2.90. The third kappa shape index (κ3) is 8.02. The Labute approximate surface area is 139 Å². The van der Waals surface area contributed by atoms with Crippen molar-refractivity contribution in [3.05, 3.63) is 24.3 Å². The van der Waals surface area contributed by atoms with Crippen LogP contribution in [-0.2, 0) is 14.6 Å². The van der Waals surface area contributed by atoms with Gasteiger partial charge in [-0.15, -0.1) is 0 Å². The number of carbonyl (C=O) groups is 1. The van der Waals surface area contributed by atoms with Gasteiger partial charge in [0.25, 0.3) is 5.91 Å². The van der Waals surface area contributed by atoms with E-state index in [-0.39, 0.29) is 23.5 Å². The zero-order chi connectivity index (χ0) is 17.5. The number of benzene rings is 1. The molecule has 1 aromatic carbocycles. The van der Waals surface area contributed by atoms with Gasteiger partial charge in [0, 0.05) is 12.3 Å². The van der Waals surface area contributed by atoms with Gasteiger partial charge in [0.2, 0.25) is 0 Å². The quantitative estimate of drug-likeness (QED) is 0.749. The molecule has 0 fully saturated rings. The zero-order valence-corrected chi connectivity index (χ0v) is 15.2. The second kappa shape index (κ2) is 8.91. The average molecular weight is 341 g/mol. The fraction of sp³-hybridized carbons (Fsp3) is 0.588. The van der Waals surface area contributed by atoms with Gasteiger partial charge in [0.1, 0.15) is 5.75 Å². The molecule has 0 aliphatic carbocycles. The molecule has 1 unspecified atom stereocenters.